The van der Waals surface area contributed by atoms with Crippen molar-refractivity contribution in [1.29, 1.82) is 0 Å². The van der Waals surface area contributed by atoms with Crippen molar-refractivity contribution in [2.75, 3.05) is 6.79 Å². The average molecular weight is 287 g/mol. The van der Waals surface area contributed by atoms with Gasteiger partial charge in [0.25, 0.3) is 0 Å². The van der Waals surface area contributed by atoms with Crippen LogP contribution in [0.3, 0.4) is 0 Å². The van der Waals surface area contributed by atoms with Gasteiger partial charge in [0.15, 0.2) is 11.5 Å². The summed E-state index contributed by atoms with van der Waals surface area (Å²) in [5.74, 6) is -0.0546. The Labute approximate surface area is 110 Å². The lowest BCUT2D eigenvalue weighted by Gasteiger charge is -2.12. The van der Waals surface area contributed by atoms with Gasteiger partial charge in [-0.25, -0.2) is 0 Å². The Morgan fingerprint density at radius 1 is 1.25 bits per heavy atom. The number of fused-ring (bicyclic) bond motifs is 1. The van der Waals surface area contributed by atoms with E-state index >= 15 is 0 Å². The molecule has 2 aromatic rings. The van der Waals surface area contributed by atoms with Crippen LogP contribution in [-0.2, 0) is 12.7 Å². The van der Waals surface area contributed by atoms with E-state index in [1.54, 1.807) is 0 Å². The maximum atomic E-state index is 13.1. The molecule has 0 saturated heterocycles. The van der Waals surface area contributed by atoms with E-state index < -0.39 is 11.7 Å². The third-order valence-electron chi connectivity index (χ3n) is 2.71. The molecule has 0 aliphatic carbocycles. The van der Waals surface area contributed by atoms with Crippen LogP contribution < -0.4 is 15.2 Å². The minimum Gasteiger partial charge on any atom is -0.454 e. The first kappa shape index (κ1) is 12.7. The number of halogens is 3. The summed E-state index contributed by atoms with van der Waals surface area (Å²) in [6.45, 7) is -0.230. The van der Waals surface area contributed by atoms with Gasteiger partial charge >= 0.3 is 6.18 Å². The molecule has 1 aliphatic heterocycles. The van der Waals surface area contributed by atoms with Crippen molar-refractivity contribution in [2.45, 2.75) is 12.7 Å². The lowest BCUT2D eigenvalue weighted by molar-refractivity contribution is -0.137. The predicted octanol–water partition coefficient (Wildman–Crippen LogP) is 1.94. The third-order valence-corrected chi connectivity index (χ3v) is 2.71. The average Bonchev–Trinajstić information content (AvgIpc) is 3.05. The Morgan fingerprint density at radius 2 is 2.05 bits per heavy atom. The Kier molecular flexibility index (Phi) is 2.78. The summed E-state index contributed by atoms with van der Waals surface area (Å²) in [5, 5.41) is 3.51. The van der Waals surface area contributed by atoms with Crippen molar-refractivity contribution < 1.29 is 27.2 Å². The number of alkyl halides is 3. The second kappa shape index (κ2) is 4.37. The first-order valence-electron chi connectivity index (χ1n) is 5.53. The normalized spacial score (nSPS) is 13.8. The standard InChI is InChI=1S/C11H8F3N3O3/c12-11(13,14)5-1-2-6-9(19-4-18-6)8(5)10-16-7(3-15)20-17-10/h1-2H,3-4,15H2. The molecule has 20 heavy (non-hydrogen) atoms. The van der Waals surface area contributed by atoms with E-state index in [4.69, 9.17) is 19.7 Å². The number of ether oxygens (including phenoxy) is 2. The van der Waals surface area contributed by atoms with Crippen LogP contribution in [0.15, 0.2) is 16.7 Å². The minimum atomic E-state index is -4.58. The predicted molar refractivity (Wildman–Crippen MR) is 58.8 cm³/mol. The molecule has 106 valence electrons. The first-order valence-corrected chi connectivity index (χ1v) is 5.53. The number of nitrogens with zero attached hydrogens (tertiary/aromatic N) is 2. The van der Waals surface area contributed by atoms with Crippen molar-refractivity contribution in [1.82, 2.24) is 10.1 Å². The molecule has 0 bridgehead atoms. The van der Waals surface area contributed by atoms with E-state index in [0.717, 1.165) is 6.07 Å². The number of benzene rings is 1. The highest BCUT2D eigenvalue weighted by atomic mass is 19.4. The van der Waals surface area contributed by atoms with Crippen LogP contribution in [0.5, 0.6) is 11.5 Å². The molecule has 1 aliphatic rings. The lowest BCUT2D eigenvalue weighted by Crippen LogP contribution is -2.08. The van der Waals surface area contributed by atoms with E-state index in [1.165, 1.54) is 6.07 Å². The van der Waals surface area contributed by atoms with Gasteiger partial charge in [-0.1, -0.05) is 5.16 Å². The van der Waals surface area contributed by atoms with Gasteiger partial charge in [0.05, 0.1) is 17.7 Å². The lowest BCUT2D eigenvalue weighted by atomic mass is 10.0. The number of nitrogens with two attached hydrogens (primary N) is 1. The quantitative estimate of drug-likeness (QED) is 0.908. The molecule has 9 heteroatoms. The van der Waals surface area contributed by atoms with Gasteiger partial charge in [0.1, 0.15) is 0 Å². The molecule has 2 N–H and O–H groups in total. The van der Waals surface area contributed by atoms with Crippen LogP contribution >= 0.6 is 0 Å². The Balaban J connectivity index is 2.23. The van der Waals surface area contributed by atoms with Gasteiger partial charge < -0.3 is 19.7 Å². The molecule has 0 atom stereocenters. The fourth-order valence-corrected chi connectivity index (χ4v) is 1.87. The smallest absolute Gasteiger partial charge is 0.417 e. The van der Waals surface area contributed by atoms with E-state index in [0.29, 0.717) is 0 Å². The molecule has 0 unspecified atom stereocenters. The van der Waals surface area contributed by atoms with Crippen molar-refractivity contribution in [3.8, 4) is 22.9 Å². The highest BCUT2D eigenvalue weighted by Gasteiger charge is 2.39. The van der Waals surface area contributed by atoms with Crippen LogP contribution in [0.25, 0.3) is 11.4 Å². The second-order valence-electron chi connectivity index (χ2n) is 3.94. The van der Waals surface area contributed by atoms with E-state index in [9.17, 15) is 13.2 Å². The van der Waals surface area contributed by atoms with Crippen LogP contribution in [-0.4, -0.2) is 16.9 Å². The molecule has 0 spiro atoms. The number of hydrogen-bond acceptors (Lipinski definition) is 6. The maximum Gasteiger partial charge on any atom is 0.417 e. The summed E-state index contributed by atoms with van der Waals surface area (Å²) in [6, 6.07) is 2.08. The highest BCUT2D eigenvalue weighted by molar-refractivity contribution is 5.73. The van der Waals surface area contributed by atoms with Crippen LogP contribution in [0.1, 0.15) is 11.5 Å². The molecule has 1 aromatic carbocycles. The summed E-state index contributed by atoms with van der Waals surface area (Å²) in [4.78, 5) is 3.81. The number of hydrogen-bond donors (Lipinski definition) is 1. The molecule has 0 fully saturated rings. The topological polar surface area (TPSA) is 83.4 Å². The Hall–Kier alpha value is -2.29. The van der Waals surface area contributed by atoms with Crippen LogP contribution in [0.2, 0.25) is 0 Å². The number of aromatic nitrogens is 2. The van der Waals surface area contributed by atoms with Crippen molar-refractivity contribution >= 4 is 0 Å². The zero-order valence-corrected chi connectivity index (χ0v) is 9.90. The van der Waals surface area contributed by atoms with Crippen molar-refractivity contribution in [3.63, 3.8) is 0 Å². The van der Waals surface area contributed by atoms with Gasteiger partial charge in [-0.2, -0.15) is 18.2 Å². The molecule has 0 radical (unpaired) electrons. The van der Waals surface area contributed by atoms with Gasteiger partial charge in [0, 0.05) is 0 Å². The minimum absolute atomic E-state index is 0.0321. The van der Waals surface area contributed by atoms with E-state index in [-0.39, 0.29) is 42.1 Å². The van der Waals surface area contributed by atoms with Gasteiger partial charge in [0.2, 0.25) is 18.5 Å². The second-order valence-corrected chi connectivity index (χ2v) is 3.94. The zero-order chi connectivity index (χ0) is 14.3. The monoisotopic (exact) mass is 287 g/mol. The largest absolute Gasteiger partial charge is 0.454 e. The summed E-state index contributed by atoms with van der Waals surface area (Å²) in [7, 11) is 0. The summed E-state index contributed by atoms with van der Waals surface area (Å²) < 4.78 is 54.1. The first-order chi connectivity index (χ1) is 9.50. The number of rotatable bonds is 2. The fraction of sp³-hybridized carbons (Fsp3) is 0.273. The molecule has 2 heterocycles. The fourth-order valence-electron chi connectivity index (χ4n) is 1.87. The summed E-state index contributed by atoms with van der Waals surface area (Å²) >= 11 is 0. The summed E-state index contributed by atoms with van der Waals surface area (Å²) in [6.07, 6.45) is -4.58. The molecule has 6 nitrogen and oxygen atoms in total. The molecule has 0 amide bonds. The third kappa shape index (κ3) is 1.95. The van der Waals surface area contributed by atoms with Crippen molar-refractivity contribution in [3.05, 3.63) is 23.6 Å². The molecule has 3 rings (SSSR count). The zero-order valence-electron chi connectivity index (χ0n) is 9.90. The van der Waals surface area contributed by atoms with Gasteiger partial charge in [-0.3, -0.25) is 0 Å². The summed E-state index contributed by atoms with van der Waals surface area (Å²) in [5.41, 5.74) is 4.07. The highest BCUT2D eigenvalue weighted by Crippen LogP contribution is 2.47. The molecular weight excluding hydrogens is 279 g/mol. The SMILES string of the molecule is NCc1nc(-c2c(C(F)(F)F)ccc3c2OCO3)no1. The Morgan fingerprint density at radius 3 is 2.70 bits per heavy atom. The van der Waals surface area contributed by atoms with Gasteiger partial charge in [-0.15, -0.1) is 0 Å². The van der Waals surface area contributed by atoms with E-state index in [1.807, 2.05) is 0 Å². The van der Waals surface area contributed by atoms with Crippen LogP contribution in [0, 0.1) is 0 Å². The van der Waals surface area contributed by atoms with Crippen LogP contribution in [0.4, 0.5) is 13.2 Å². The Bertz CT molecular complexity index is 654. The van der Waals surface area contributed by atoms with Crippen molar-refractivity contribution in [2.24, 2.45) is 5.73 Å². The maximum absolute atomic E-state index is 13.1. The van der Waals surface area contributed by atoms with Gasteiger partial charge in [-0.05, 0) is 12.1 Å². The molecular formula is C11H8F3N3O3. The van der Waals surface area contributed by atoms with E-state index in [2.05, 4.69) is 10.1 Å². The molecule has 0 saturated carbocycles. The molecule has 1 aromatic heterocycles.